The van der Waals surface area contributed by atoms with Crippen molar-refractivity contribution < 1.29 is 24.4 Å². The third kappa shape index (κ3) is 2.57. The first-order valence-corrected chi connectivity index (χ1v) is 9.01. The molecule has 1 aliphatic carbocycles. The van der Waals surface area contributed by atoms with E-state index in [1.165, 1.54) is 10.8 Å². The van der Waals surface area contributed by atoms with Crippen molar-refractivity contribution >= 4 is 0 Å². The van der Waals surface area contributed by atoms with E-state index >= 15 is 0 Å². The van der Waals surface area contributed by atoms with Crippen LogP contribution in [0.5, 0.6) is 0 Å². The minimum atomic E-state index is -1.38. The number of nitrogens with one attached hydrogen (secondary N) is 1. The van der Waals surface area contributed by atoms with Crippen LogP contribution in [-0.4, -0.2) is 56.6 Å². The number of nitrogens with zero attached hydrogens (tertiary/aromatic N) is 1. The third-order valence-electron chi connectivity index (χ3n) is 5.72. The quantitative estimate of drug-likeness (QED) is 0.660. The van der Waals surface area contributed by atoms with E-state index in [1.807, 2.05) is 0 Å². The van der Waals surface area contributed by atoms with Crippen LogP contribution in [-0.2, 0) is 14.2 Å². The molecule has 26 heavy (non-hydrogen) atoms. The maximum absolute atomic E-state index is 12.3. The molecule has 144 valence electrons. The highest BCUT2D eigenvalue weighted by Crippen LogP contribution is 2.51. The second kappa shape index (κ2) is 6.28. The van der Waals surface area contributed by atoms with Gasteiger partial charge in [0, 0.05) is 24.6 Å². The molecule has 9 nitrogen and oxygen atoms in total. The van der Waals surface area contributed by atoms with Crippen LogP contribution in [0.15, 0.2) is 15.8 Å². The van der Waals surface area contributed by atoms with Crippen molar-refractivity contribution in [2.45, 2.75) is 68.9 Å². The lowest BCUT2D eigenvalue weighted by Crippen LogP contribution is -2.50. The smallest absolute Gasteiger partial charge is 0.330 e. The Morgan fingerprint density at radius 2 is 1.85 bits per heavy atom. The first kappa shape index (κ1) is 17.9. The Kier molecular flexibility index (Phi) is 4.31. The maximum atomic E-state index is 12.3. The monoisotopic (exact) mass is 368 g/mol. The van der Waals surface area contributed by atoms with E-state index in [4.69, 9.17) is 14.2 Å². The van der Waals surface area contributed by atoms with E-state index in [0.29, 0.717) is 5.56 Å². The van der Waals surface area contributed by atoms with Crippen LogP contribution in [0.2, 0.25) is 0 Å². The van der Waals surface area contributed by atoms with Gasteiger partial charge < -0.3 is 24.4 Å². The highest BCUT2D eigenvalue weighted by Gasteiger charge is 2.65. The highest BCUT2D eigenvalue weighted by molar-refractivity contribution is 5.09. The summed E-state index contributed by atoms with van der Waals surface area (Å²) in [6, 6.07) is 0. The second-order valence-electron chi connectivity index (χ2n) is 7.46. The number of hydrogen-bond acceptors (Lipinski definition) is 7. The van der Waals surface area contributed by atoms with E-state index in [0.717, 1.165) is 32.1 Å². The largest absolute Gasteiger partial charge is 0.393 e. The maximum Gasteiger partial charge on any atom is 0.330 e. The third-order valence-corrected chi connectivity index (χ3v) is 5.72. The number of aromatic nitrogens is 2. The van der Waals surface area contributed by atoms with Gasteiger partial charge in [0.2, 0.25) is 0 Å². The fraction of sp³-hybridized carbons (Fsp3) is 0.765. The lowest BCUT2D eigenvalue weighted by Gasteiger charge is -2.36. The van der Waals surface area contributed by atoms with Crippen molar-refractivity contribution in [1.82, 2.24) is 9.55 Å². The summed E-state index contributed by atoms with van der Waals surface area (Å²) in [7, 11) is 0. The average Bonchev–Trinajstić information content (AvgIpc) is 3.13. The normalized spacial score (nSPS) is 32.0. The van der Waals surface area contributed by atoms with Gasteiger partial charge in [0.15, 0.2) is 12.0 Å². The molecule has 1 saturated carbocycles. The number of aliphatic hydroxyl groups excluding tert-OH is 2. The molecule has 1 aromatic heterocycles. The molecule has 3 aliphatic rings. The highest BCUT2D eigenvalue weighted by atomic mass is 16.8. The zero-order valence-corrected chi connectivity index (χ0v) is 14.6. The number of ether oxygens (including phenoxy) is 3. The van der Waals surface area contributed by atoms with Crippen molar-refractivity contribution in [2.75, 3.05) is 13.2 Å². The van der Waals surface area contributed by atoms with E-state index in [9.17, 15) is 19.8 Å². The van der Waals surface area contributed by atoms with Crippen LogP contribution in [0, 0.1) is 6.92 Å². The number of aromatic amines is 1. The summed E-state index contributed by atoms with van der Waals surface area (Å²) in [4.78, 5) is 26.2. The average molecular weight is 368 g/mol. The van der Waals surface area contributed by atoms with Crippen LogP contribution in [0.4, 0.5) is 0 Å². The summed E-state index contributed by atoms with van der Waals surface area (Å²) in [5.41, 5.74) is -2.13. The topological polar surface area (TPSA) is 123 Å². The zero-order chi connectivity index (χ0) is 18.5. The lowest BCUT2D eigenvalue weighted by molar-refractivity contribution is -0.258. The van der Waals surface area contributed by atoms with Crippen molar-refractivity contribution in [2.24, 2.45) is 0 Å². The van der Waals surface area contributed by atoms with E-state index in [2.05, 4.69) is 4.98 Å². The molecule has 9 heteroatoms. The van der Waals surface area contributed by atoms with Gasteiger partial charge in [0.25, 0.3) is 5.56 Å². The zero-order valence-electron chi connectivity index (χ0n) is 14.6. The molecule has 4 rings (SSSR count). The first-order valence-electron chi connectivity index (χ1n) is 9.01. The van der Waals surface area contributed by atoms with Gasteiger partial charge in [-0.25, -0.2) is 4.79 Å². The Labute approximate surface area is 149 Å². The molecule has 3 atom stereocenters. The summed E-state index contributed by atoms with van der Waals surface area (Å²) in [5.74, 6) is -0.772. The Morgan fingerprint density at radius 1 is 1.15 bits per heavy atom. The standard InChI is InChI=1S/C17H24N2O7/c1-10-7-19(15(23)18-13(10)22)14-11-12(16(8-20,9-21)26-14)25-17(24-11)5-3-2-4-6-17/h7,11-12,14,20-21H,2-6,8-9H2,1H3,(H,18,22,23)/t11-,12?,14+/m0/s1. The lowest BCUT2D eigenvalue weighted by atomic mass is 9.94. The van der Waals surface area contributed by atoms with Gasteiger partial charge in [-0.05, 0) is 19.8 Å². The van der Waals surface area contributed by atoms with E-state index in [-0.39, 0.29) is 0 Å². The molecule has 1 spiro atoms. The molecule has 2 saturated heterocycles. The Bertz CT molecular complexity index is 791. The van der Waals surface area contributed by atoms with Crippen molar-refractivity contribution in [3.05, 3.63) is 32.6 Å². The van der Waals surface area contributed by atoms with Gasteiger partial charge in [0.05, 0.1) is 13.2 Å². The molecule has 1 unspecified atom stereocenters. The minimum absolute atomic E-state index is 0.349. The Hall–Kier alpha value is -1.52. The number of rotatable bonds is 3. The Morgan fingerprint density at radius 3 is 2.50 bits per heavy atom. The molecule has 0 aromatic carbocycles. The fourth-order valence-corrected chi connectivity index (χ4v) is 4.25. The predicted octanol–water partition coefficient (Wildman–Crippen LogP) is -0.458. The molecule has 2 aliphatic heterocycles. The minimum Gasteiger partial charge on any atom is -0.393 e. The fourth-order valence-electron chi connectivity index (χ4n) is 4.25. The van der Waals surface area contributed by atoms with E-state index in [1.54, 1.807) is 6.92 Å². The molecular weight excluding hydrogens is 344 g/mol. The van der Waals surface area contributed by atoms with Crippen LogP contribution in [0.1, 0.15) is 43.9 Å². The van der Waals surface area contributed by atoms with Crippen molar-refractivity contribution in [3.63, 3.8) is 0 Å². The molecule has 0 bridgehead atoms. The van der Waals surface area contributed by atoms with Gasteiger partial charge in [-0.1, -0.05) is 6.42 Å². The van der Waals surface area contributed by atoms with Crippen molar-refractivity contribution in [1.29, 1.82) is 0 Å². The van der Waals surface area contributed by atoms with Gasteiger partial charge in [-0.2, -0.15) is 0 Å². The summed E-state index contributed by atoms with van der Waals surface area (Å²) >= 11 is 0. The number of H-pyrrole nitrogens is 1. The molecule has 3 N–H and O–H groups in total. The van der Waals surface area contributed by atoms with Gasteiger partial charge in [-0.3, -0.25) is 14.3 Å². The SMILES string of the molecule is Cc1cn([C@@H]2OC(CO)(CO)C3OC4(CCCCC4)O[C@@H]32)c(=O)[nH]c1=O. The molecular formula is C17H24N2O7. The van der Waals surface area contributed by atoms with Crippen LogP contribution in [0.3, 0.4) is 0 Å². The first-order chi connectivity index (χ1) is 12.4. The molecule has 0 amide bonds. The molecule has 0 radical (unpaired) electrons. The van der Waals surface area contributed by atoms with E-state index < -0.39 is 54.3 Å². The summed E-state index contributed by atoms with van der Waals surface area (Å²) in [6.45, 7) is 0.635. The number of hydrogen-bond donors (Lipinski definition) is 3. The molecule has 3 heterocycles. The van der Waals surface area contributed by atoms with Gasteiger partial charge >= 0.3 is 5.69 Å². The van der Waals surface area contributed by atoms with Crippen molar-refractivity contribution in [3.8, 4) is 0 Å². The number of aliphatic hydroxyl groups is 2. The van der Waals surface area contributed by atoms with Crippen LogP contribution < -0.4 is 11.2 Å². The Balaban J connectivity index is 1.76. The summed E-state index contributed by atoms with van der Waals surface area (Å²) in [6.07, 6.45) is 3.59. The molecule has 3 fully saturated rings. The second-order valence-corrected chi connectivity index (χ2v) is 7.46. The summed E-state index contributed by atoms with van der Waals surface area (Å²) in [5, 5.41) is 19.8. The van der Waals surface area contributed by atoms with Gasteiger partial charge in [0.1, 0.15) is 17.8 Å². The van der Waals surface area contributed by atoms with Crippen LogP contribution in [0.25, 0.3) is 0 Å². The van der Waals surface area contributed by atoms with Gasteiger partial charge in [-0.15, -0.1) is 0 Å². The summed E-state index contributed by atoms with van der Waals surface area (Å²) < 4.78 is 19.6. The predicted molar refractivity (Wildman–Crippen MR) is 88.6 cm³/mol. The van der Waals surface area contributed by atoms with Crippen LogP contribution >= 0.6 is 0 Å². The molecule has 1 aromatic rings. The number of fused-ring (bicyclic) bond motifs is 1. The number of aryl methyl sites for hydroxylation is 1.